The Balaban J connectivity index is 2.97. The van der Waals surface area contributed by atoms with Crippen molar-refractivity contribution >= 4 is 37.8 Å². The van der Waals surface area contributed by atoms with Crippen LogP contribution in [-0.2, 0) is 0 Å². The lowest BCUT2D eigenvalue weighted by Crippen LogP contribution is -2.36. The van der Waals surface area contributed by atoms with E-state index in [1.807, 2.05) is 6.07 Å². The van der Waals surface area contributed by atoms with Crippen LogP contribution in [0.5, 0.6) is 0 Å². The summed E-state index contributed by atoms with van der Waals surface area (Å²) in [5.41, 5.74) is 1.23. The lowest BCUT2D eigenvalue weighted by molar-refractivity contribution is 0.0572. The molecule has 100 valence electrons. The smallest absolute Gasteiger partial charge is 0.255 e. The van der Waals surface area contributed by atoms with E-state index in [9.17, 15) is 13.6 Å². The molecule has 0 saturated heterocycles. The van der Waals surface area contributed by atoms with Crippen LogP contribution >= 0.6 is 31.9 Å². The highest BCUT2D eigenvalue weighted by Crippen LogP contribution is 2.18. The fraction of sp³-hybridized carbons (Fsp3) is 0.417. The second kappa shape index (κ2) is 7.19. The molecule has 1 rings (SSSR count). The molecule has 0 aliphatic rings. The van der Waals surface area contributed by atoms with Gasteiger partial charge in [0.2, 0.25) is 0 Å². The number of halogens is 4. The number of rotatable bonds is 5. The molecule has 0 aromatic heterocycles. The Morgan fingerprint density at radius 3 is 2.67 bits per heavy atom. The fourth-order valence-corrected chi connectivity index (χ4v) is 2.33. The third-order valence-electron chi connectivity index (χ3n) is 2.43. The van der Waals surface area contributed by atoms with Crippen molar-refractivity contribution in [2.24, 2.45) is 0 Å². The number of carbonyl (C=O) groups is 1. The van der Waals surface area contributed by atoms with Crippen molar-refractivity contribution in [3.8, 4) is 0 Å². The first kappa shape index (κ1) is 15.6. The maximum absolute atomic E-state index is 12.4. The third kappa shape index (κ3) is 4.31. The van der Waals surface area contributed by atoms with Crippen molar-refractivity contribution in [1.29, 1.82) is 0 Å². The van der Waals surface area contributed by atoms with E-state index in [2.05, 4.69) is 31.9 Å². The molecular weight excluding hydrogens is 372 g/mol. The van der Waals surface area contributed by atoms with Crippen molar-refractivity contribution in [3.63, 3.8) is 0 Å². The largest absolute Gasteiger partial charge is 0.332 e. The van der Waals surface area contributed by atoms with E-state index in [0.717, 1.165) is 14.9 Å². The molecule has 0 N–H and O–H groups in total. The molecule has 1 aromatic rings. The molecular formula is C12H13Br2F2NO. The molecule has 0 saturated carbocycles. The van der Waals surface area contributed by atoms with Crippen LogP contribution < -0.4 is 0 Å². The number of alkyl halides is 3. The SMILES string of the molecule is Cc1ccc(Br)cc1C(=O)N(CCBr)CC(F)F. The van der Waals surface area contributed by atoms with Gasteiger partial charge in [-0.1, -0.05) is 37.9 Å². The summed E-state index contributed by atoms with van der Waals surface area (Å²) in [5, 5.41) is 0.471. The van der Waals surface area contributed by atoms with Gasteiger partial charge in [0.05, 0.1) is 6.54 Å². The van der Waals surface area contributed by atoms with Crippen molar-refractivity contribution < 1.29 is 13.6 Å². The Kier molecular flexibility index (Phi) is 6.21. The van der Waals surface area contributed by atoms with Gasteiger partial charge >= 0.3 is 0 Å². The number of amides is 1. The monoisotopic (exact) mass is 383 g/mol. The first-order chi connectivity index (χ1) is 8.45. The summed E-state index contributed by atoms with van der Waals surface area (Å²) in [7, 11) is 0. The molecule has 0 spiro atoms. The van der Waals surface area contributed by atoms with Crippen LogP contribution in [0.2, 0.25) is 0 Å². The summed E-state index contributed by atoms with van der Waals surface area (Å²) in [6, 6.07) is 5.25. The van der Waals surface area contributed by atoms with Gasteiger partial charge in [-0.05, 0) is 24.6 Å². The van der Waals surface area contributed by atoms with Gasteiger partial charge in [0.25, 0.3) is 12.3 Å². The van der Waals surface area contributed by atoms with E-state index in [-0.39, 0.29) is 12.5 Å². The normalized spacial score (nSPS) is 10.8. The average Bonchev–Trinajstić information content (AvgIpc) is 2.30. The van der Waals surface area contributed by atoms with Crippen LogP contribution in [0.25, 0.3) is 0 Å². The average molecular weight is 385 g/mol. The van der Waals surface area contributed by atoms with Crippen LogP contribution in [0, 0.1) is 6.92 Å². The van der Waals surface area contributed by atoms with Gasteiger partial charge in [-0.25, -0.2) is 8.78 Å². The van der Waals surface area contributed by atoms with Crippen molar-refractivity contribution in [2.45, 2.75) is 13.3 Å². The highest BCUT2D eigenvalue weighted by Gasteiger charge is 2.20. The molecule has 1 amide bonds. The van der Waals surface area contributed by atoms with Crippen LogP contribution in [0.1, 0.15) is 15.9 Å². The zero-order valence-corrected chi connectivity index (χ0v) is 13.0. The fourth-order valence-electron chi connectivity index (χ4n) is 1.54. The summed E-state index contributed by atoms with van der Waals surface area (Å²) in [6.07, 6.45) is -2.53. The van der Waals surface area contributed by atoms with Crippen LogP contribution in [-0.4, -0.2) is 35.7 Å². The molecule has 0 heterocycles. The zero-order chi connectivity index (χ0) is 13.7. The quantitative estimate of drug-likeness (QED) is 0.706. The minimum absolute atomic E-state index is 0.259. The maximum Gasteiger partial charge on any atom is 0.255 e. The van der Waals surface area contributed by atoms with E-state index >= 15 is 0 Å². The van der Waals surface area contributed by atoms with E-state index in [1.54, 1.807) is 19.1 Å². The Morgan fingerprint density at radius 1 is 1.44 bits per heavy atom. The summed E-state index contributed by atoms with van der Waals surface area (Å²) in [6.45, 7) is 1.50. The van der Waals surface area contributed by atoms with Crippen LogP contribution in [0.15, 0.2) is 22.7 Å². The first-order valence-corrected chi connectivity index (χ1v) is 7.26. The molecule has 0 bridgehead atoms. The maximum atomic E-state index is 12.4. The first-order valence-electron chi connectivity index (χ1n) is 5.35. The van der Waals surface area contributed by atoms with Crippen molar-refractivity contribution in [1.82, 2.24) is 4.90 Å². The minimum Gasteiger partial charge on any atom is -0.332 e. The van der Waals surface area contributed by atoms with Gasteiger partial charge in [-0.3, -0.25) is 4.79 Å². The summed E-state index contributed by atoms with van der Waals surface area (Å²) < 4.78 is 25.6. The molecule has 6 heteroatoms. The number of benzene rings is 1. The van der Waals surface area contributed by atoms with Gasteiger partial charge in [-0.2, -0.15) is 0 Å². The number of hydrogen-bond donors (Lipinski definition) is 0. The Labute approximate surface area is 122 Å². The van der Waals surface area contributed by atoms with Crippen molar-refractivity contribution in [2.75, 3.05) is 18.4 Å². The van der Waals surface area contributed by atoms with E-state index in [0.29, 0.717) is 10.9 Å². The molecule has 2 nitrogen and oxygen atoms in total. The third-order valence-corrected chi connectivity index (χ3v) is 3.28. The number of hydrogen-bond acceptors (Lipinski definition) is 1. The predicted octanol–water partition coefficient (Wildman–Crippen LogP) is 3.86. The van der Waals surface area contributed by atoms with E-state index in [1.165, 1.54) is 0 Å². The van der Waals surface area contributed by atoms with Gasteiger partial charge in [-0.15, -0.1) is 0 Å². The van der Waals surface area contributed by atoms with Gasteiger partial charge < -0.3 is 4.90 Å². The van der Waals surface area contributed by atoms with Crippen LogP contribution in [0.4, 0.5) is 8.78 Å². The molecule has 0 atom stereocenters. The molecule has 0 unspecified atom stereocenters. The lowest BCUT2D eigenvalue weighted by Gasteiger charge is -2.22. The Hall–Kier alpha value is -0.490. The van der Waals surface area contributed by atoms with Crippen molar-refractivity contribution in [3.05, 3.63) is 33.8 Å². The molecule has 1 aromatic carbocycles. The molecule has 0 aliphatic heterocycles. The van der Waals surface area contributed by atoms with Crippen LogP contribution in [0.3, 0.4) is 0 Å². The summed E-state index contributed by atoms with van der Waals surface area (Å²) >= 11 is 6.44. The molecule has 0 radical (unpaired) electrons. The minimum atomic E-state index is -2.53. The number of carbonyl (C=O) groups excluding carboxylic acids is 1. The Bertz CT molecular complexity index is 427. The highest BCUT2D eigenvalue weighted by molar-refractivity contribution is 9.10. The standard InChI is InChI=1S/C12H13Br2F2NO/c1-8-2-3-9(14)6-10(8)12(18)17(5-4-13)7-11(15)16/h2-3,6,11H,4-5,7H2,1H3. The molecule has 18 heavy (non-hydrogen) atoms. The summed E-state index contributed by atoms with van der Waals surface area (Å²) in [4.78, 5) is 13.4. The molecule has 0 aliphatic carbocycles. The number of nitrogens with zero attached hydrogens (tertiary/aromatic N) is 1. The molecule has 0 fully saturated rings. The van der Waals surface area contributed by atoms with Gasteiger partial charge in [0, 0.05) is 21.9 Å². The predicted molar refractivity (Wildman–Crippen MR) is 74.6 cm³/mol. The lowest BCUT2D eigenvalue weighted by atomic mass is 10.1. The second-order valence-corrected chi connectivity index (χ2v) is 5.50. The second-order valence-electron chi connectivity index (χ2n) is 3.79. The van der Waals surface area contributed by atoms with E-state index in [4.69, 9.17) is 0 Å². The van der Waals surface area contributed by atoms with E-state index < -0.39 is 13.0 Å². The number of aryl methyl sites for hydroxylation is 1. The zero-order valence-electron chi connectivity index (χ0n) is 9.80. The summed E-state index contributed by atoms with van der Waals surface area (Å²) in [5.74, 6) is -0.367. The Morgan fingerprint density at radius 2 is 2.11 bits per heavy atom. The highest BCUT2D eigenvalue weighted by atomic mass is 79.9. The van der Waals surface area contributed by atoms with Gasteiger partial charge in [0.1, 0.15) is 0 Å². The topological polar surface area (TPSA) is 20.3 Å². The van der Waals surface area contributed by atoms with Gasteiger partial charge in [0.15, 0.2) is 0 Å².